The van der Waals surface area contributed by atoms with Gasteiger partial charge in [0.25, 0.3) is 5.91 Å². The summed E-state index contributed by atoms with van der Waals surface area (Å²) in [5.41, 5.74) is 2.62. The van der Waals surface area contributed by atoms with Crippen LogP contribution in [0.15, 0.2) is 83.5 Å². The Hall–Kier alpha value is -3.25. The summed E-state index contributed by atoms with van der Waals surface area (Å²) in [4.78, 5) is 17.1. The highest BCUT2D eigenvalue weighted by Crippen LogP contribution is 2.37. The van der Waals surface area contributed by atoms with Crippen LogP contribution in [-0.4, -0.2) is 10.9 Å². The third-order valence-electron chi connectivity index (χ3n) is 4.39. The Balaban J connectivity index is 1.66. The summed E-state index contributed by atoms with van der Waals surface area (Å²) in [6.07, 6.45) is 1.68. The van der Waals surface area contributed by atoms with Crippen molar-refractivity contribution in [3.63, 3.8) is 0 Å². The number of pyridine rings is 1. The molecule has 1 N–H and O–H groups in total. The van der Waals surface area contributed by atoms with E-state index in [0.29, 0.717) is 33.6 Å². The van der Waals surface area contributed by atoms with E-state index in [-0.39, 0.29) is 5.91 Å². The van der Waals surface area contributed by atoms with Gasteiger partial charge in [0.15, 0.2) is 0 Å². The van der Waals surface area contributed by atoms with Gasteiger partial charge in [-0.2, -0.15) is 0 Å². The normalized spacial score (nSPS) is 10.7. The quantitative estimate of drug-likeness (QED) is 0.407. The summed E-state index contributed by atoms with van der Waals surface area (Å²) >= 11 is 3.52. The van der Waals surface area contributed by atoms with Gasteiger partial charge in [-0.3, -0.25) is 9.78 Å². The number of amides is 1. The first-order valence-electron chi connectivity index (χ1n) is 8.92. The Morgan fingerprint density at radius 3 is 2.55 bits per heavy atom. The molecule has 6 heteroatoms. The number of carbonyl (C=O) groups is 1. The van der Waals surface area contributed by atoms with Crippen molar-refractivity contribution < 1.29 is 13.9 Å². The molecule has 0 radical (unpaired) electrons. The molecule has 4 aromatic rings. The highest BCUT2D eigenvalue weighted by molar-refractivity contribution is 9.10. The number of fused-ring (bicyclic) bond motifs is 1. The van der Waals surface area contributed by atoms with Gasteiger partial charge in [-0.1, -0.05) is 30.3 Å². The summed E-state index contributed by atoms with van der Waals surface area (Å²) in [6.45, 7) is 0.403. The minimum Gasteiger partial charge on any atom is -0.487 e. The molecule has 0 spiro atoms. The van der Waals surface area contributed by atoms with Crippen molar-refractivity contribution in [3.05, 3.63) is 100 Å². The van der Waals surface area contributed by atoms with Crippen LogP contribution in [0.2, 0.25) is 0 Å². The fraction of sp³-hybridized carbons (Fsp3) is 0.0435. The number of benzene rings is 3. The predicted molar refractivity (Wildman–Crippen MR) is 115 cm³/mol. The van der Waals surface area contributed by atoms with Gasteiger partial charge in [0.05, 0.1) is 5.69 Å². The van der Waals surface area contributed by atoms with E-state index in [0.717, 1.165) is 10.9 Å². The fourth-order valence-corrected chi connectivity index (χ4v) is 3.47. The monoisotopic (exact) mass is 450 g/mol. The van der Waals surface area contributed by atoms with Gasteiger partial charge in [0.1, 0.15) is 23.7 Å². The highest BCUT2D eigenvalue weighted by Gasteiger charge is 2.16. The molecular formula is C23H16BrFN2O2. The number of carbonyl (C=O) groups excluding carboxylic acids is 1. The van der Waals surface area contributed by atoms with Gasteiger partial charge in [-0.25, -0.2) is 4.39 Å². The van der Waals surface area contributed by atoms with Crippen molar-refractivity contribution in [2.75, 3.05) is 5.32 Å². The molecule has 144 valence electrons. The Morgan fingerprint density at radius 1 is 1.03 bits per heavy atom. The first-order valence-corrected chi connectivity index (χ1v) is 9.72. The number of nitrogens with one attached hydrogen (secondary N) is 1. The standard InChI is InChI=1S/C23H16BrFN2O2/c24-19-13-20(29-14-15-5-2-1-3-6-15)22-18(7-4-12-26-22)21(19)27-23(28)16-8-10-17(25)11-9-16/h1-13H,14H2,(H,27,28). The van der Waals surface area contributed by atoms with Crippen LogP contribution < -0.4 is 10.1 Å². The maximum atomic E-state index is 13.1. The van der Waals surface area contributed by atoms with E-state index in [1.54, 1.807) is 18.3 Å². The minimum atomic E-state index is -0.391. The van der Waals surface area contributed by atoms with E-state index in [9.17, 15) is 9.18 Å². The van der Waals surface area contributed by atoms with Crippen LogP contribution in [-0.2, 0) is 6.61 Å². The van der Waals surface area contributed by atoms with E-state index < -0.39 is 5.82 Å². The van der Waals surface area contributed by atoms with Crippen LogP contribution in [0.4, 0.5) is 10.1 Å². The Labute approximate surface area is 175 Å². The smallest absolute Gasteiger partial charge is 0.255 e. The molecule has 0 bridgehead atoms. The third-order valence-corrected chi connectivity index (χ3v) is 5.01. The number of aromatic nitrogens is 1. The van der Waals surface area contributed by atoms with Crippen LogP contribution in [0.25, 0.3) is 10.9 Å². The number of halogens is 2. The zero-order valence-electron chi connectivity index (χ0n) is 15.2. The van der Waals surface area contributed by atoms with Crippen LogP contribution in [0.1, 0.15) is 15.9 Å². The fourth-order valence-electron chi connectivity index (χ4n) is 2.95. The largest absolute Gasteiger partial charge is 0.487 e. The van der Waals surface area contributed by atoms with Gasteiger partial charge in [0.2, 0.25) is 0 Å². The first kappa shape index (κ1) is 19.1. The Kier molecular flexibility index (Phi) is 5.53. The highest BCUT2D eigenvalue weighted by atomic mass is 79.9. The maximum absolute atomic E-state index is 13.1. The first-order chi connectivity index (χ1) is 14.1. The summed E-state index contributed by atoms with van der Waals surface area (Å²) in [5.74, 6) is -0.123. The summed E-state index contributed by atoms with van der Waals surface area (Å²) in [7, 11) is 0. The van der Waals surface area contributed by atoms with Gasteiger partial charge < -0.3 is 10.1 Å². The molecule has 0 aliphatic rings. The molecule has 4 nitrogen and oxygen atoms in total. The molecule has 0 saturated heterocycles. The van der Waals surface area contributed by atoms with Gasteiger partial charge in [-0.15, -0.1) is 0 Å². The van der Waals surface area contributed by atoms with Crippen LogP contribution >= 0.6 is 15.9 Å². The van der Waals surface area contributed by atoms with Crippen molar-refractivity contribution >= 4 is 38.4 Å². The maximum Gasteiger partial charge on any atom is 0.255 e. The molecule has 1 heterocycles. The lowest BCUT2D eigenvalue weighted by molar-refractivity contribution is 0.102. The Morgan fingerprint density at radius 2 is 1.79 bits per heavy atom. The molecule has 1 amide bonds. The van der Waals surface area contributed by atoms with Crippen LogP contribution in [0.5, 0.6) is 5.75 Å². The van der Waals surface area contributed by atoms with E-state index in [2.05, 4.69) is 26.2 Å². The van der Waals surface area contributed by atoms with Crippen molar-refractivity contribution in [1.82, 2.24) is 4.98 Å². The van der Waals surface area contributed by atoms with Crippen molar-refractivity contribution in [2.24, 2.45) is 0 Å². The molecule has 0 atom stereocenters. The topological polar surface area (TPSA) is 51.2 Å². The van der Waals surface area contributed by atoms with Gasteiger partial charge in [-0.05, 0) is 64.0 Å². The molecule has 3 aromatic carbocycles. The zero-order valence-corrected chi connectivity index (χ0v) is 16.8. The number of nitrogens with zero attached hydrogens (tertiary/aromatic N) is 1. The third kappa shape index (κ3) is 4.27. The second kappa shape index (κ2) is 8.41. The number of ether oxygens (including phenoxy) is 1. The predicted octanol–water partition coefficient (Wildman–Crippen LogP) is 5.97. The molecule has 1 aromatic heterocycles. The molecule has 0 aliphatic heterocycles. The van der Waals surface area contributed by atoms with E-state index in [4.69, 9.17) is 4.74 Å². The Bertz CT molecular complexity index is 1160. The minimum absolute atomic E-state index is 0.339. The molecule has 0 aliphatic carbocycles. The number of anilines is 1. The lowest BCUT2D eigenvalue weighted by Gasteiger charge is -2.15. The van der Waals surface area contributed by atoms with E-state index in [1.807, 2.05) is 36.4 Å². The molecular weight excluding hydrogens is 435 g/mol. The number of hydrogen-bond donors (Lipinski definition) is 1. The van der Waals surface area contributed by atoms with Crippen LogP contribution in [0.3, 0.4) is 0 Å². The van der Waals surface area contributed by atoms with Crippen molar-refractivity contribution in [1.29, 1.82) is 0 Å². The van der Waals surface area contributed by atoms with Crippen molar-refractivity contribution in [3.8, 4) is 5.75 Å². The summed E-state index contributed by atoms with van der Waals surface area (Å²) in [5, 5.41) is 3.62. The van der Waals surface area contributed by atoms with Gasteiger partial charge in [0, 0.05) is 21.6 Å². The molecule has 0 fully saturated rings. The molecule has 4 rings (SSSR count). The average Bonchev–Trinajstić information content (AvgIpc) is 2.75. The molecule has 29 heavy (non-hydrogen) atoms. The number of hydrogen-bond acceptors (Lipinski definition) is 3. The lowest BCUT2D eigenvalue weighted by atomic mass is 10.1. The lowest BCUT2D eigenvalue weighted by Crippen LogP contribution is -2.13. The second-order valence-corrected chi connectivity index (χ2v) is 7.22. The zero-order chi connectivity index (χ0) is 20.2. The van der Waals surface area contributed by atoms with Crippen molar-refractivity contribution in [2.45, 2.75) is 6.61 Å². The molecule has 0 unspecified atom stereocenters. The SMILES string of the molecule is O=C(Nc1c(Br)cc(OCc2ccccc2)c2ncccc12)c1ccc(F)cc1. The van der Waals surface area contributed by atoms with Crippen LogP contribution in [0, 0.1) is 5.82 Å². The number of rotatable bonds is 5. The van der Waals surface area contributed by atoms with Gasteiger partial charge >= 0.3 is 0 Å². The average molecular weight is 451 g/mol. The van der Waals surface area contributed by atoms with E-state index >= 15 is 0 Å². The summed E-state index contributed by atoms with van der Waals surface area (Å²) < 4.78 is 19.8. The van der Waals surface area contributed by atoms with E-state index in [1.165, 1.54) is 24.3 Å². The molecule has 0 saturated carbocycles. The second-order valence-electron chi connectivity index (χ2n) is 6.37. The summed E-state index contributed by atoms with van der Waals surface area (Å²) in [6, 6.07) is 20.7.